The lowest BCUT2D eigenvalue weighted by Gasteiger charge is -2.25. The molecule has 0 spiro atoms. The first-order chi connectivity index (χ1) is 18.3. The van der Waals surface area contributed by atoms with Crippen molar-refractivity contribution in [1.82, 2.24) is 9.78 Å². The lowest BCUT2D eigenvalue weighted by molar-refractivity contribution is 0.281. The average Bonchev–Trinajstić information content (AvgIpc) is 3.23. The molecule has 7 nitrogen and oxygen atoms in total. The fourth-order valence-electron chi connectivity index (χ4n) is 4.55. The molecule has 0 bridgehead atoms. The predicted octanol–water partition coefficient (Wildman–Crippen LogP) is 5.57. The molecule has 0 fully saturated rings. The summed E-state index contributed by atoms with van der Waals surface area (Å²) >= 11 is 0. The summed E-state index contributed by atoms with van der Waals surface area (Å²) in [6.45, 7) is 3.79. The van der Waals surface area contributed by atoms with Crippen molar-refractivity contribution in [3.63, 3.8) is 0 Å². The van der Waals surface area contributed by atoms with Gasteiger partial charge in [-0.2, -0.15) is 10.4 Å². The molecule has 1 aliphatic heterocycles. The first-order valence-corrected chi connectivity index (χ1v) is 11.8. The molecule has 1 aromatic heterocycles. The van der Waals surface area contributed by atoms with Crippen LogP contribution >= 0.6 is 0 Å². The molecule has 9 heteroatoms. The van der Waals surface area contributed by atoms with E-state index in [4.69, 9.17) is 25.0 Å². The van der Waals surface area contributed by atoms with E-state index in [0.29, 0.717) is 28.5 Å². The summed E-state index contributed by atoms with van der Waals surface area (Å²) < 4.78 is 46.2. The van der Waals surface area contributed by atoms with Crippen molar-refractivity contribution in [2.75, 3.05) is 7.11 Å². The van der Waals surface area contributed by atoms with Crippen molar-refractivity contribution >= 4 is 0 Å². The molecule has 1 atom stereocenters. The highest BCUT2D eigenvalue weighted by Crippen LogP contribution is 2.45. The SMILES string of the molecule is COc1ccc(C2C(C#N)=C(N)Oc3c2c(C)nn3-c2ccc(C)cc2)cc1COc1ccc(F)cc1F. The Balaban J connectivity index is 1.58. The van der Waals surface area contributed by atoms with Crippen LogP contribution in [0.15, 0.2) is 72.1 Å². The summed E-state index contributed by atoms with van der Waals surface area (Å²) in [7, 11) is 1.51. The quantitative estimate of drug-likeness (QED) is 0.361. The second kappa shape index (κ2) is 9.90. The van der Waals surface area contributed by atoms with E-state index in [1.165, 1.54) is 13.2 Å². The van der Waals surface area contributed by atoms with E-state index in [9.17, 15) is 14.0 Å². The second-order valence-electron chi connectivity index (χ2n) is 8.91. The maximum Gasteiger partial charge on any atom is 0.229 e. The zero-order valence-electron chi connectivity index (χ0n) is 21.0. The summed E-state index contributed by atoms with van der Waals surface area (Å²) in [5.41, 5.74) is 11.1. The molecule has 3 aromatic carbocycles. The number of aromatic nitrogens is 2. The number of allylic oxidation sites excluding steroid dienone is 1. The number of nitrogens with two attached hydrogens (primary N) is 1. The zero-order chi connectivity index (χ0) is 27.0. The molecule has 5 rings (SSSR count). The number of ether oxygens (including phenoxy) is 3. The van der Waals surface area contributed by atoms with Crippen molar-refractivity contribution in [3.8, 4) is 29.1 Å². The topological polar surface area (TPSA) is 95.3 Å². The van der Waals surface area contributed by atoms with Crippen molar-refractivity contribution in [2.24, 2.45) is 5.73 Å². The molecular formula is C29H24F2N4O3. The average molecular weight is 515 g/mol. The Kier molecular flexibility index (Phi) is 6.47. The lowest BCUT2D eigenvalue weighted by Crippen LogP contribution is -2.22. The van der Waals surface area contributed by atoms with Gasteiger partial charge in [0.2, 0.25) is 11.8 Å². The molecule has 2 heterocycles. The van der Waals surface area contributed by atoms with Gasteiger partial charge in [-0.3, -0.25) is 0 Å². The third-order valence-corrected chi connectivity index (χ3v) is 6.43. The number of rotatable bonds is 6. The molecule has 0 amide bonds. The molecule has 1 aliphatic rings. The first kappa shape index (κ1) is 24.8. The van der Waals surface area contributed by atoms with Gasteiger partial charge in [0.25, 0.3) is 0 Å². The monoisotopic (exact) mass is 514 g/mol. The molecular weight excluding hydrogens is 490 g/mol. The van der Waals surface area contributed by atoms with E-state index < -0.39 is 17.6 Å². The summed E-state index contributed by atoms with van der Waals surface area (Å²) in [6, 6.07) is 18.5. The van der Waals surface area contributed by atoms with E-state index >= 15 is 0 Å². The van der Waals surface area contributed by atoms with Crippen LogP contribution in [-0.2, 0) is 6.61 Å². The van der Waals surface area contributed by atoms with Crippen LogP contribution in [0.3, 0.4) is 0 Å². The molecule has 0 radical (unpaired) electrons. The summed E-state index contributed by atoms with van der Waals surface area (Å²) in [5.74, 6) is -1.25. The third kappa shape index (κ3) is 4.41. The molecule has 38 heavy (non-hydrogen) atoms. The number of hydrogen-bond donors (Lipinski definition) is 1. The fraction of sp³-hybridized carbons (Fsp3) is 0.172. The Bertz CT molecular complexity index is 1600. The summed E-state index contributed by atoms with van der Waals surface area (Å²) in [5, 5.41) is 14.7. The van der Waals surface area contributed by atoms with Crippen LogP contribution in [0.4, 0.5) is 8.78 Å². The van der Waals surface area contributed by atoms with E-state index in [2.05, 4.69) is 6.07 Å². The molecule has 0 saturated carbocycles. The van der Waals surface area contributed by atoms with Gasteiger partial charge in [0, 0.05) is 11.6 Å². The van der Waals surface area contributed by atoms with E-state index in [1.807, 2.05) is 50.2 Å². The highest BCUT2D eigenvalue weighted by atomic mass is 19.1. The number of halogens is 2. The Hall–Kier alpha value is -4.84. The Morgan fingerprint density at radius 1 is 1.05 bits per heavy atom. The first-order valence-electron chi connectivity index (χ1n) is 11.8. The summed E-state index contributed by atoms with van der Waals surface area (Å²) in [4.78, 5) is 0. The summed E-state index contributed by atoms with van der Waals surface area (Å²) in [6.07, 6.45) is 0. The number of hydrogen-bond acceptors (Lipinski definition) is 6. The van der Waals surface area contributed by atoms with Crippen molar-refractivity contribution in [1.29, 1.82) is 5.26 Å². The lowest BCUT2D eigenvalue weighted by atomic mass is 9.83. The highest BCUT2D eigenvalue weighted by molar-refractivity contribution is 5.58. The van der Waals surface area contributed by atoms with Gasteiger partial charge in [0.15, 0.2) is 11.6 Å². The smallest absolute Gasteiger partial charge is 0.229 e. The van der Waals surface area contributed by atoms with Crippen LogP contribution in [0, 0.1) is 36.8 Å². The van der Waals surface area contributed by atoms with Crippen LogP contribution in [0.2, 0.25) is 0 Å². The molecule has 0 saturated heterocycles. The highest BCUT2D eigenvalue weighted by Gasteiger charge is 2.36. The molecule has 0 aliphatic carbocycles. The normalized spacial score (nSPS) is 14.5. The van der Waals surface area contributed by atoms with E-state index in [-0.39, 0.29) is 23.8 Å². The number of nitrogens with zero attached hydrogens (tertiary/aromatic N) is 3. The van der Waals surface area contributed by atoms with Crippen LogP contribution in [0.5, 0.6) is 17.4 Å². The minimum absolute atomic E-state index is 0.0136. The Labute approximate surface area is 218 Å². The van der Waals surface area contributed by atoms with Crippen LogP contribution in [-0.4, -0.2) is 16.9 Å². The van der Waals surface area contributed by atoms with Gasteiger partial charge < -0.3 is 19.9 Å². The predicted molar refractivity (Wildman–Crippen MR) is 136 cm³/mol. The molecule has 2 N–H and O–H groups in total. The van der Waals surface area contributed by atoms with Gasteiger partial charge in [0.05, 0.1) is 30.0 Å². The van der Waals surface area contributed by atoms with Gasteiger partial charge in [-0.1, -0.05) is 23.8 Å². The number of aryl methyl sites for hydroxylation is 2. The minimum atomic E-state index is -0.809. The Morgan fingerprint density at radius 3 is 2.47 bits per heavy atom. The standard InChI is InChI=1S/C29H24F2N4O3/c1-16-4-8-21(9-5-16)35-29-26(17(2)34-35)27(22(14-32)28(33)38-29)18-6-10-24(36-3)19(12-18)15-37-25-11-7-20(30)13-23(25)31/h4-13,27H,15,33H2,1-3H3. The maximum absolute atomic E-state index is 14.1. The van der Waals surface area contributed by atoms with Gasteiger partial charge in [-0.25, -0.2) is 13.5 Å². The van der Waals surface area contributed by atoms with Crippen molar-refractivity contribution < 1.29 is 23.0 Å². The van der Waals surface area contributed by atoms with Crippen LogP contribution < -0.4 is 19.9 Å². The number of benzene rings is 3. The van der Waals surface area contributed by atoms with Gasteiger partial charge in [-0.15, -0.1) is 0 Å². The number of fused-ring (bicyclic) bond motifs is 1. The number of nitriles is 1. The zero-order valence-corrected chi connectivity index (χ0v) is 21.0. The fourth-order valence-corrected chi connectivity index (χ4v) is 4.55. The minimum Gasteiger partial charge on any atom is -0.496 e. The van der Waals surface area contributed by atoms with Crippen molar-refractivity contribution in [2.45, 2.75) is 26.4 Å². The Morgan fingerprint density at radius 2 is 1.79 bits per heavy atom. The number of methoxy groups -OCH3 is 1. The van der Waals surface area contributed by atoms with Gasteiger partial charge in [0.1, 0.15) is 29.8 Å². The molecule has 1 unspecified atom stereocenters. The van der Waals surface area contributed by atoms with Crippen molar-refractivity contribution in [3.05, 3.63) is 112 Å². The van der Waals surface area contributed by atoms with Gasteiger partial charge in [-0.05, 0) is 55.8 Å². The molecule has 4 aromatic rings. The molecule has 192 valence electrons. The maximum atomic E-state index is 14.1. The van der Waals surface area contributed by atoms with E-state index in [1.54, 1.807) is 10.7 Å². The third-order valence-electron chi connectivity index (χ3n) is 6.43. The largest absolute Gasteiger partial charge is 0.496 e. The van der Waals surface area contributed by atoms with E-state index in [0.717, 1.165) is 28.9 Å². The van der Waals surface area contributed by atoms with Crippen LogP contribution in [0.1, 0.15) is 33.9 Å². The van der Waals surface area contributed by atoms with Gasteiger partial charge >= 0.3 is 0 Å². The second-order valence-corrected chi connectivity index (χ2v) is 8.91. The van der Waals surface area contributed by atoms with Crippen LogP contribution in [0.25, 0.3) is 5.69 Å².